The van der Waals surface area contributed by atoms with Crippen molar-refractivity contribution in [3.8, 4) is 11.3 Å². The Bertz CT molecular complexity index is 705. The quantitative estimate of drug-likeness (QED) is 0.642. The first kappa shape index (κ1) is 11.3. The van der Waals surface area contributed by atoms with Crippen LogP contribution in [0.2, 0.25) is 0 Å². The molecule has 0 radical (unpaired) electrons. The summed E-state index contributed by atoms with van der Waals surface area (Å²) in [4.78, 5) is 13.1. The Kier molecular flexibility index (Phi) is 2.80. The Morgan fingerprint density at radius 1 is 1.06 bits per heavy atom. The summed E-state index contributed by atoms with van der Waals surface area (Å²) in [6, 6.07) is 12.0. The summed E-state index contributed by atoms with van der Waals surface area (Å²) >= 11 is 3.39. The van der Waals surface area contributed by atoms with Crippen LogP contribution >= 0.6 is 15.9 Å². The maximum Gasteiger partial charge on any atom is 0.127 e. The van der Waals surface area contributed by atoms with Gasteiger partial charge in [0.1, 0.15) is 10.4 Å². The first-order chi connectivity index (χ1) is 8.72. The van der Waals surface area contributed by atoms with E-state index in [1.54, 1.807) is 0 Å². The minimum atomic E-state index is 0.743. The van der Waals surface area contributed by atoms with E-state index in [2.05, 4.69) is 43.0 Å². The maximum absolute atomic E-state index is 4.44. The number of halogens is 1. The Hall–Kier alpha value is -1.81. The molecule has 0 amide bonds. The van der Waals surface area contributed by atoms with E-state index in [1.807, 2.05) is 37.4 Å². The third-order valence-corrected chi connectivity index (χ3v) is 3.10. The first-order valence-electron chi connectivity index (χ1n) is 5.59. The van der Waals surface area contributed by atoms with Crippen LogP contribution in [0.4, 0.5) is 0 Å². The molecule has 0 N–H and O–H groups in total. The summed E-state index contributed by atoms with van der Waals surface area (Å²) in [7, 11) is 0. The van der Waals surface area contributed by atoms with Gasteiger partial charge < -0.3 is 0 Å². The SMILES string of the molecule is Cc1nc(Br)cc(-c2cnc3ccccc3c2)n1. The van der Waals surface area contributed by atoms with Crippen LogP contribution in [0, 0.1) is 6.92 Å². The first-order valence-corrected chi connectivity index (χ1v) is 6.38. The van der Waals surface area contributed by atoms with Crippen LogP contribution in [0.3, 0.4) is 0 Å². The number of pyridine rings is 1. The van der Waals surface area contributed by atoms with Crippen LogP contribution in [0.15, 0.2) is 47.2 Å². The molecular weight excluding hydrogens is 290 g/mol. The molecule has 1 aromatic carbocycles. The Balaban J connectivity index is 2.19. The van der Waals surface area contributed by atoms with E-state index in [4.69, 9.17) is 0 Å². The highest BCUT2D eigenvalue weighted by Gasteiger charge is 2.04. The number of hydrogen-bond donors (Lipinski definition) is 0. The number of nitrogens with zero attached hydrogens (tertiary/aromatic N) is 3. The Morgan fingerprint density at radius 3 is 2.72 bits per heavy atom. The molecule has 0 saturated carbocycles. The summed E-state index contributed by atoms with van der Waals surface area (Å²) in [5.41, 5.74) is 2.87. The Morgan fingerprint density at radius 2 is 1.89 bits per heavy atom. The van der Waals surface area contributed by atoms with E-state index >= 15 is 0 Å². The van der Waals surface area contributed by atoms with Crippen molar-refractivity contribution in [2.45, 2.75) is 6.92 Å². The molecule has 4 heteroatoms. The largest absolute Gasteiger partial charge is 0.256 e. The number of aryl methyl sites for hydroxylation is 1. The molecule has 2 aromatic heterocycles. The van der Waals surface area contributed by atoms with Gasteiger partial charge in [0.15, 0.2) is 0 Å². The van der Waals surface area contributed by atoms with Crippen molar-refractivity contribution < 1.29 is 0 Å². The van der Waals surface area contributed by atoms with Crippen molar-refractivity contribution in [1.82, 2.24) is 15.0 Å². The van der Waals surface area contributed by atoms with E-state index in [0.29, 0.717) is 0 Å². The van der Waals surface area contributed by atoms with Crippen LogP contribution in [0.5, 0.6) is 0 Å². The van der Waals surface area contributed by atoms with Crippen LogP contribution in [0.1, 0.15) is 5.82 Å². The van der Waals surface area contributed by atoms with Crippen molar-refractivity contribution >= 4 is 26.8 Å². The highest BCUT2D eigenvalue weighted by atomic mass is 79.9. The lowest BCUT2D eigenvalue weighted by Gasteiger charge is -2.04. The van der Waals surface area contributed by atoms with Gasteiger partial charge in [0.2, 0.25) is 0 Å². The lowest BCUT2D eigenvalue weighted by atomic mass is 10.1. The second-order valence-electron chi connectivity index (χ2n) is 4.04. The van der Waals surface area contributed by atoms with Gasteiger partial charge >= 0.3 is 0 Å². The van der Waals surface area contributed by atoms with Gasteiger partial charge in [-0.3, -0.25) is 4.98 Å². The van der Waals surface area contributed by atoms with E-state index < -0.39 is 0 Å². The fourth-order valence-corrected chi connectivity index (χ4v) is 2.36. The molecule has 0 aliphatic heterocycles. The molecule has 0 bridgehead atoms. The Labute approximate surface area is 113 Å². The van der Waals surface area contributed by atoms with E-state index in [-0.39, 0.29) is 0 Å². The second-order valence-corrected chi connectivity index (χ2v) is 4.85. The summed E-state index contributed by atoms with van der Waals surface area (Å²) in [5.74, 6) is 0.743. The monoisotopic (exact) mass is 299 g/mol. The van der Waals surface area contributed by atoms with Gasteiger partial charge in [-0.1, -0.05) is 18.2 Å². The molecule has 0 aliphatic carbocycles. The number of hydrogen-bond acceptors (Lipinski definition) is 3. The molecule has 3 aromatic rings. The summed E-state index contributed by atoms with van der Waals surface area (Å²) < 4.78 is 0.790. The number of rotatable bonds is 1. The molecule has 0 unspecified atom stereocenters. The van der Waals surface area contributed by atoms with Gasteiger partial charge in [0.25, 0.3) is 0 Å². The molecular formula is C14H10BrN3. The number of aromatic nitrogens is 3. The molecule has 3 nitrogen and oxygen atoms in total. The van der Waals surface area contributed by atoms with Gasteiger partial charge in [-0.2, -0.15) is 0 Å². The molecule has 3 rings (SSSR count). The molecule has 88 valence electrons. The minimum absolute atomic E-state index is 0.743. The van der Waals surface area contributed by atoms with Crippen LogP contribution in [-0.4, -0.2) is 15.0 Å². The van der Waals surface area contributed by atoms with E-state index in [1.165, 1.54) is 0 Å². The second kappa shape index (κ2) is 4.46. The van der Waals surface area contributed by atoms with Crippen LogP contribution < -0.4 is 0 Å². The lowest BCUT2D eigenvalue weighted by molar-refractivity contribution is 1.04. The van der Waals surface area contributed by atoms with Crippen molar-refractivity contribution in [2.24, 2.45) is 0 Å². The summed E-state index contributed by atoms with van der Waals surface area (Å²) in [6.07, 6.45) is 1.84. The molecule has 0 fully saturated rings. The van der Waals surface area contributed by atoms with Crippen molar-refractivity contribution in [1.29, 1.82) is 0 Å². The maximum atomic E-state index is 4.44. The zero-order valence-electron chi connectivity index (χ0n) is 9.76. The fraction of sp³-hybridized carbons (Fsp3) is 0.0714. The van der Waals surface area contributed by atoms with E-state index in [0.717, 1.165) is 32.6 Å². The third-order valence-electron chi connectivity index (χ3n) is 2.69. The molecule has 0 aliphatic rings. The topological polar surface area (TPSA) is 38.7 Å². The van der Waals surface area contributed by atoms with Crippen LogP contribution in [0.25, 0.3) is 22.2 Å². The summed E-state index contributed by atoms with van der Waals surface area (Å²) in [6.45, 7) is 1.88. The van der Waals surface area contributed by atoms with Gasteiger partial charge in [-0.25, -0.2) is 9.97 Å². The van der Waals surface area contributed by atoms with Gasteiger partial charge in [0, 0.05) is 17.1 Å². The molecule has 18 heavy (non-hydrogen) atoms. The predicted octanol–water partition coefficient (Wildman–Crippen LogP) is 3.76. The molecule has 0 atom stereocenters. The van der Waals surface area contributed by atoms with Crippen molar-refractivity contribution in [2.75, 3.05) is 0 Å². The van der Waals surface area contributed by atoms with Crippen LogP contribution in [-0.2, 0) is 0 Å². The zero-order chi connectivity index (χ0) is 12.5. The molecule has 0 saturated heterocycles. The zero-order valence-corrected chi connectivity index (χ0v) is 11.3. The lowest BCUT2D eigenvalue weighted by Crippen LogP contribution is -1.92. The fourth-order valence-electron chi connectivity index (χ4n) is 1.89. The van der Waals surface area contributed by atoms with Gasteiger partial charge in [-0.15, -0.1) is 0 Å². The highest BCUT2D eigenvalue weighted by molar-refractivity contribution is 9.10. The van der Waals surface area contributed by atoms with Crippen molar-refractivity contribution in [3.05, 3.63) is 53.0 Å². The van der Waals surface area contributed by atoms with E-state index in [9.17, 15) is 0 Å². The third kappa shape index (κ3) is 2.11. The van der Waals surface area contributed by atoms with Crippen molar-refractivity contribution in [3.63, 3.8) is 0 Å². The van der Waals surface area contributed by atoms with Gasteiger partial charge in [0.05, 0.1) is 11.2 Å². The average Bonchev–Trinajstić information content (AvgIpc) is 2.37. The number of fused-ring (bicyclic) bond motifs is 1. The number of para-hydroxylation sites is 1. The smallest absolute Gasteiger partial charge is 0.127 e. The minimum Gasteiger partial charge on any atom is -0.256 e. The predicted molar refractivity (Wildman–Crippen MR) is 75.2 cm³/mol. The average molecular weight is 300 g/mol. The molecule has 0 spiro atoms. The van der Waals surface area contributed by atoms with Gasteiger partial charge in [-0.05, 0) is 41.1 Å². The number of benzene rings is 1. The molecule has 2 heterocycles. The normalized spacial score (nSPS) is 10.8. The highest BCUT2D eigenvalue weighted by Crippen LogP contribution is 2.22. The standard InChI is InChI=1S/C14H10BrN3/c1-9-17-13(7-14(15)18-9)11-6-10-4-2-3-5-12(10)16-8-11/h2-8H,1H3. The summed E-state index contributed by atoms with van der Waals surface area (Å²) in [5, 5.41) is 1.11.